The van der Waals surface area contributed by atoms with E-state index in [-0.39, 0.29) is 5.91 Å². The van der Waals surface area contributed by atoms with E-state index in [1.54, 1.807) is 0 Å². The van der Waals surface area contributed by atoms with Gasteiger partial charge in [-0.25, -0.2) is 4.98 Å². The van der Waals surface area contributed by atoms with E-state index in [1.807, 2.05) is 26.8 Å². The number of anilines is 2. The van der Waals surface area contributed by atoms with E-state index in [2.05, 4.69) is 30.7 Å². The summed E-state index contributed by atoms with van der Waals surface area (Å²) in [4.78, 5) is 23.5. The molecule has 28 heavy (non-hydrogen) atoms. The van der Waals surface area contributed by atoms with Crippen molar-refractivity contribution in [3.8, 4) is 0 Å². The summed E-state index contributed by atoms with van der Waals surface area (Å²) in [5.74, 6) is 2.40. The average Bonchev–Trinajstić information content (AvgIpc) is 3.01. The van der Waals surface area contributed by atoms with Gasteiger partial charge in [-0.15, -0.1) is 0 Å². The first-order chi connectivity index (χ1) is 13.5. The zero-order valence-electron chi connectivity index (χ0n) is 17.0. The molecular weight excluding hydrogens is 356 g/mol. The minimum Gasteiger partial charge on any atom is -0.361 e. The summed E-state index contributed by atoms with van der Waals surface area (Å²) in [6, 6.07) is 2.03. The van der Waals surface area contributed by atoms with E-state index in [0.717, 1.165) is 41.6 Å². The lowest BCUT2D eigenvalue weighted by Gasteiger charge is -2.28. The van der Waals surface area contributed by atoms with Crippen molar-refractivity contribution in [2.45, 2.75) is 52.9 Å². The second-order valence-corrected chi connectivity index (χ2v) is 7.32. The molecule has 0 saturated carbocycles. The number of amides is 1. The highest BCUT2D eigenvalue weighted by Gasteiger charge is 2.14. The molecule has 152 valence electrons. The third-order valence-corrected chi connectivity index (χ3v) is 5.03. The third kappa shape index (κ3) is 5.43. The molecule has 0 atom stereocenters. The largest absolute Gasteiger partial charge is 0.361 e. The first-order valence-electron chi connectivity index (χ1n) is 10.1. The highest BCUT2D eigenvalue weighted by molar-refractivity contribution is 5.76. The van der Waals surface area contributed by atoms with Crippen LogP contribution in [-0.4, -0.2) is 47.2 Å². The fourth-order valence-electron chi connectivity index (χ4n) is 3.48. The molecule has 0 aliphatic carbocycles. The summed E-state index contributed by atoms with van der Waals surface area (Å²) >= 11 is 0. The van der Waals surface area contributed by atoms with Gasteiger partial charge in [0.25, 0.3) is 0 Å². The van der Waals surface area contributed by atoms with Crippen molar-refractivity contribution in [1.29, 1.82) is 0 Å². The van der Waals surface area contributed by atoms with E-state index < -0.39 is 0 Å². The Labute approximate surface area is 166 Å². The van der Waals surface area contributed by atoms with E-state index in [9.17, 15) is 4.79 Å². The van der Waals surface area contributed by atoms with Crippen LogP contribution < -0.4 is 15.5 Å². The zero-order chi connectivity index (χ0) is 19.9. The second kappa shape index (κ2) is 9.52. The quantitative estimate of drug-likeness (QED) is 0.673. The van der Waals surface area contributed by atoms with Crippen LogP contribution in [0.25, 0.3) is 0 Å². The molecule has 2 aromatic rings. The number of aromatic nitrogens is 3. The number of hydrogen-bond acceptors (Lipinski definition) is 7. The summed E-state index contributed by atoms with van der Waals surface area (Å²) < 4.78 is 5.13. The Morgan fingerprint density at radius 1 is 1.14 bits per heavy atom. The normalized spacial score (nSPS) is 14.2. The Morgan fingerprint density at radius 2 is 1.93 bits per heavy atom. The number of carbonyl (C=O) groups is 1. The van der Waals surface area contributed by atoms with Crippen molar-refractivity contribution in [3.05, 3.63) is 28.8 Å². The molecule has 8 nitrogen and oxygen atoms in total. The van der Waals surface area contributed by atoms with Crippen LogP contribution in [0.4, 0.5) is 11.8 Å². The van der Waals surface area contributed by atoms with Crippen molar-refractivity contribution in [3.63, 3.8) is 0 Å². The van der Waals surface area contributed by atoms with Crippen LogP contribution in [0.2, 0.25) is 0 Å². The molecule has 1 amide bonds. The first-order valence-corrected chi connectivity index (χ1v) is 10.1. The molecule has 0 bridgehead atoms. The van der Waals surface area contributed by atoms with Crippen LogP contribution in [0.1, 0.15) is 48.4 Å². The van der Waals surface area contributed by atoms with Gasteiger partial charge in [0, 0.05) is 49.9 Å². The van der Waals surface area contributed by atoms with Crippen molar-refractivity contribution in [2.24, 2.45) is 0 Å². The van der Waals surface area contributed by atoms with Crippen molar-refractivity contribution in [1.82, 2.24) is 20.4 Å². The molecule has 1 saturated heterocycles. The monoisotopic (exact) mass is 386 g/mol. The Kier molecular flexibility index (Phi) is 6.84. The molecule has 1 aliphatic rings. The SMILES string of the molecule is Cc1cc(N2CCCCC2)nc(NCCNC(=O)CCc2c(C)noc2C)n1. The Morgan fingerprint density at radius 3 is 2.64 bits per heavy atom. The van der Waals surface area contributed by atoms with E-state index in [4.69, 9.17) is 4.52 Å². The topological polar surface area (TPSA) is 96.2 Å². The molecule has 0 unspecified atom stereocenters. The van der Waals surface area contributed by atoms with Gasteiger partial charge >= 0.3 is 0 Å². The molecule has 2 aromatic heterocycles. The molecule has 1 fully saturated rings. The number of aryl methyl sites for hydroxylation is 3. The number of nitrogens with zero attached hydrogens (tertiary/aromatic N) is 4. The summed E-state index contributed by atoms with van der Waals surface area (Å²) in [7, 11) is 0. The molecule has 8 heteroatoms. The van der Waals surface area contributed by atoms with Gasteiger partial charge in [-0.2, -0.15) is 4.98 Å². The van der Waals surface area contributed by atoms with Gasteiger partial charge in [-0.05, 0) is 46.5 Å². The lowest BCUT2D eigenvalue weighted by molar-refractivity contribution is -0.120. The van der Waals surface area contributed by atoms with E-state index in [1.165, 1.54) is 19.3 Å². The summed E-state index contributed by atoms with van der Waals surface area (Å²) in [6.45, 7) is 8.96. The summed E-state index contributed by atoms with van der Waals surface area (Å²) in [5, 5.41) is 10.1. The minimum atomic E-state index is 0.0148. The molecule has 3 rings (SSSR count). The van der Waals surface area contributed by atoms with Gasteiger partial charge in [0.15, 0.2) is 0 Å². The molecule has 3 heterocycles. The Bertz CT molecular complexity index is 778. The lowest BCUT2D eigenvalue weighted by atomic mass is 10.1. The maximum atomic E-state index is 12.1. The van der Waals surface area contributed by atoms with E-state index >= 15 is 0 Å². The van der Waals surface area contributed by atoms with Gasteiger partial charge in [-0.3, -0.25) is 4.79 Å². The van der Waals surface area contributed by atoms with Crippen LogP contribution in [0.15, 0.2) is 10.6 Å². The fourth-order valence-corrected chi connectivity index (χ4v) is 3.48. The van der Waals surface area contributed by atoms with Gasteiger partial charge < -0.3 is 20.1 Å². The minimum absolute atomic E-state index is 0.0148. The van der Waals surface area contributed by atoms with Crippen LogP contribution in [0, 0.1) is 20.8 Å². The molecule has 0 aromatic carbocycles. The Balaban J connectivity index is 1.42. The molecular formula is C20H30N6O2. The van der Waals surface area contributed by atoms with Crippen LogP contribution in [0.5, 0.6) is 0 Å². The Hall–Kier alpha value is -2.64. The number of piperidine rings is 1. The standard InChI is InChI=1S/C20H30N6O2/c1-14-13-18(26-11-5-4-6-12-26)24-20(23-14)22-10-9-21-19(27)8-7-17-15(2)25-28-16(17)3/h13H,4-12H2,1-3H3,(H,21,27)(H,22,23,24). The highest BCUT2D eigenvalue weighted by atomic mass is 16.5. The number of rotatable bonds is 8. The zero-order valence-corrected chi connectivity index (χ0v) is 17.0. The van der Waals surface area contributed by atoms with Gasteiger partial charge in [0.2, 0.25) is 11.9 Å². The lowest BCUT2D eigenvalue weighted by Crippen LogP contribution is -2.31. The first kappa shape index (κ1) is 20.1. The summed E-state index contributed by atoms with van der Waals surface area (Å²) in [6.07, 6.45) is 4.78. The van der Waals surface area contributed by atoms with Gasteiger partial charge in [0.1, 0.15) is 11.6 Å². The number of hydrogen-bond donors (Lipinski definition) is 2. The maximum absolute atomic E-state index is 12.1. The average molecular weight is 387 g/mol. The van der Waals surface area contributed by atoms with Gasteiger partial charge in [-0.1, -0.05) is 5.16 Å². The van der Waals surface area contributed by atoms with Crippen molar-refractivity contribution < 1.29 is 9.32 Å². The highest BCUT2D eigenvalue weighted by Crippen LogP contribution is 2.19. The van der Waals surface area contributed by atoms with Gasteiger partial charge in [0.05, 0.1) is 5.69 Å². The maximum Gasteiger partial charge on any atom is 0.224 e. The predicted molar refractivity (Wildman–Crippen MR) is 109 cm³/mol. The third-order valence-electron chi connectivity index (χ3n) is 5.03. The van der Waals surface area contributed by atoms with Crippen LogP contribution in [-0.2, 0) is 11.2 Å². The molecule has 1 aliphatic heterocycles. The molecule has 0 spiro atoms. The van der Waals surface area contributed by atoms with Crippen LogP contribution >= 0.6 is 0 Å². The summed E-state index contributed by atoms with van der Waals surface area (Å²) in [5.41, 5.74) is 2.82. The molecule has 0 radical (unpaired) electrons. The van der Waals surface area contributed by atoms with Crippen LogP contribution in [0.3, 0.4) is 0 Å². The number of carbonyl (C=O) groups excluding carboxylic acids is 1. The smallest absolute Gasteiger partial charge is 0.224 e. The molecule has 2 N–H and O–H groups in total. The fraction of sp³-hybridized carbons (Fsp3) is 0.600. The second-order valence-electron chi connectivity index (χ2n) is 7.32. The van der Waals surface area contributed by atoms with Crippen molar-refractivity contribution in [2.75, 3.05) is 36.4 Å². The van der Waals surface area contributed by atoms with E-state index in [0.29, 0.717) is 31.9 Å². The predicted octanol–water partition coefficient (Wildman–Crippen LogP) is 2.54. The number of nitrogens with one attached hydrogen (secondary N) is 2. The van der Waals surface area contributed by atoms with Crippen molar-refractivity contribution >= 4 is 17.7 Å².